The van der Waals surface area contributed by atoms with Gasteiger partial charge in [-0.2, -0.15) is 9.40 Å². The fourth-order valence-electron chi connectivity index (χ4n) is 2.20. The van der Waals surface area contributed by atoms with E-state index in [2.05, 4.69) is 10.1 Å². The summed E-state index contributed by atoms with van der Waals surface area (Å²) in [6, 6.07) is 12.6. The van der Waals surface area contributed by atoms with Crippen molar-refractivity contribution in [3.05, 3.63) is 72.8 Å². The molecule has 0 aliphatic rings. The van der Waals surface area contributed by atoms with Crippen LogP contribution in [-0.2, 0) is 16.6 Å². The average molecular weight is 328 g/mol. The van der Waals surface area contributed by atoms with Crippen molar-refractivity contribution < 1.29 is 8.42 Å². The average Bonchev–Trinajstić information content (AvgIpc) is 3.11. The molecule has 0 aliphatic carbocycles. The lowest BCUT2D eigenvalue weighted by atomic mass is 10.2. The molecule has 0 bridgehead atoms. The second-order valence-electron chi connectivity index (χ2n) is 5.07. The summed E-state index contributed by atoms with van der Waals surface area (Å²) in [5.74, 6) is 0. The van der Waals surface area contributed by atoms with Gasteiger partial charge in [0.05, 0.1) is 5.69 Å². The Labute approximate surface area is 135 Å². The maximum Gasteiger partial charge on any atom is 0.244 e. The SMILES string of the molecule is CN(Cc1ccc(-n2cccn2)cc1)S(=O)(=O)c1cccnc1. The summed E-state index contributed by atoms with van der Waals surface area (Å²) in [4.78, 5) is 4.06. The maximum absolute atomic E-state index is 12.5. The molecule has 0 amide bonds. The maximum atomic E-state index is 12.5. The van der Waals surface area contributed by atoms with Crippen LogP contribution < -0.4 is 0 Å². The zero-order valence-corrected chi connectivity index (χ0v) is 13.4. The van der Waals surface area contributed by atoms with Crippen molar-refractivity contribution in [1.82, 2.24) is 19.1 Å². The molecule has 0 atom stereocenters. The lowest BCUT2D eigenvalue weighted by Gasteiger charge is -2.17. The minimum Gasteiger partial charge on any atom is -0.263 e. The van der Waals surface area contributed by atoms with Gasteiger partial charge in [-0.05, 0) is 35.9 Å². The largest absolute Gasteiger partial charge is 0.263 e. The highest BCUT2D eigenvalue weighted by molar-refractivity contribution is 7.89. The number of aromatic nitrogens is 3. The summed E-state index contributed by atoms with van der Waals surface area (Å²) < 4.78 is 28.0. The van der Waals surface area contributed by atoms with Crippen molar-refractivity contribution in [2.75, 3.05) is 7.05 Å². The molecule has 0 aliphatic heterocycles. The molecule has 0 fully saturated rings. The summed E-state index contributed by atoms with van der Waals surface area (Å²) in [6.45, 7) is 0.288. The number of hydrogen-bond donors (Lipinski definition) is 0. The predicted molar refractivity (Wildman–Crippen MR) is 86.5 cm³/mol. The van der Waals surface area contributed by atoms with Crippen LogP contribution in [0.15, 0.2) is 72.1 Å². The van der Waals surface area contributed by atoms with Crippen molar-refractivity contribution in [2.24, 2.45) is 0 Å². The van der Waals surface area contributed by atoms with Crippen molar-refractivity contribution in [3.8, 4) is 5.69 Å². The third-order valence-electron chi connectivity index (χ3n) is 3.45. The molecule has 0 radical (unpaired) electrons. The minimum atomic E-state index is -3.54. The Hall–Kier alpha value is -2.51. The number of sulfonamides is 1. The lowest BCUT2D eigenvalue weighted by Crippen LogP contribution is -2.26. The van der Waals surface area contributed by atoms with E-state index < -0.39 is 10.0 Å². The van der Waals surface area contributed by atoms with E-state index in [1.54, 1.807) is 36.3 Å². The number of benzene rings is 1. The summed E-state index contributed by atoms with van der Waals surface area (Å²) in [6.07, 6.45) is 6.47. The fraction of sp³-hybridized carbons (Fsp3) is 0.125. The first-order valence-corrected chi connectivity index (χ1v) is 8.47. The summed E-state index contributed by atoms with van der Waals surface area (Å²) >= 11 is 0. The van der Waals surface area contributed by atoms with Crippen LogP contribution in [0.25, 0.3) is 5.69 Å². The molecule has 7 heteroatoms. The third-order valence-corrected chi connectivity index (χ3v) is 5.24. The van der Waals surface area contributed by atoms with E-state index in [0.29, 0.717) is 0 Å². The molecule has 0 saturated carbocycles. The molecule has 118 valence electrons. The van der Waals surface area contributed by atoms with Crippen LogP contribution in [0.2, 0.25) is 0 Å². The summed E-state index contributed by atoms with van der Waals surface area (Å²) in [5.41, 5.74) is 1.83. The van der Waals surface area contributed by atoms with Gasteiger partial charge in [-0.15, -0.1) is 0 Å². The van der Waals surface area contributed by atoms with Gasteiger partial charge in [0, 0.05) is 38.4 Å². The van der Waals surface area contributed by atoms with E-state index >= 15 is 0 Å². The fourth-order valence-corrected chi connectivity index (χ4v) is 3.32. The van der Waals surface area contributed by atoms with Gasteiger partial charge in [-0.1, -0.05) is 12.1 Å². The van der Waals surface area contributed by atoms with E-state index in [-0.39, 0.29) is 11.4 Å². The molecular weight excluding hydrogens is 312 g/mol. The highest BCUT2D eigenvalue weighted by Gasteiger charge is 2.20. The topological polar surface area (TPSA) is 68.1 Å². The van der Waals surface area contributed by atoms with Crippen LogP contribution in [0, 0.1) is 0 Å². The summed E-state index contributed by atoms with van der Waals surface area (Å²) in [7, 11) is -1.98. The van der Waals surface area contributed by atoms with Gasteiger partial charge in [-0.3, -0.25) is 4.98 Å². The highest BCUT2D eigenvalue weighted by Crippen LogP contribution is 2.16. The second kappa shape index (κ2) is 6.31. The Balaban J connectivity index is 1.76. The zero-order chi connectivity index (χ0) is 16.3. The molecule has 3 rings (SSSR count). The minimum absolute atomic E-state index is 0.190. The monoisotopic (exact) mass is 328 g/mol. The van der Waals surface area contributed by atoms with Crippen LogP contribution >= 0.6 is 0 Å². The molecular formula is C16H16N4O2S. The van der Waals surface area contributed by atoms with Gasteiger partial charge in [0.15, 0.2) is 0 Å². The standard InChI is InChI=1S/C16H16N4O2S/c1-19(23(21,22)16-4-2-9-17-12-16)13-14-5-7-15(8-6-14)20-11-3-10-18-20/h2-12H,13H2,1H3. The van der Waals surface area contributed by atoms with Crippen LogP contribution in [0.1, 0.15) is 5.56 Å². The third kappa shape index (κ3) is 3.30. The smallest absolute Gasteiger partial charge is 0.244 e. The number of nitrogens with zero attached hydrogens (tertiary/aromatic N) is 4. The Bertz CT molecular complexity index is 860. The first-order valence-electron chi connectivity index (χ1n) is 7.03. The Kier molecular flexibility index (Phi) is 4.22. The second-order valence-corrected chi connectivity index (χ2v) is 7.11. The Morgan fingerprint density at radius 1 is 1.09 bits per heavy atom. The van der Waals surface area contributed by atoms with Crippen LogP contribution in [0.4, 0.5) is 0 Å². The van der Waals surface area contributed by atoms with Crippen LogP contribution in [-0.4, -0.2) is 34.5 Å². The summed E-state index contributed by atoms with van der Waals surface area (Å²) in [5, 5.41) is 4.16. The molecule has 3 aromatic rings. The van der Waals surface area contributed by atoms with Gasteiger partial charge in [0.1, 0.15) is 4.90 Å². The van der Waals surface area contributed by atoms with Gasteiger partial charge in [0.25, 0.3) is 0 Å². The zero-order valence-electron chi connectivity index (χ0n) is 12.6. The molecule has 1 aromatic carbocycles. The van der Waals surface area contributed by atoms with E-state index in [0.717, 1.165) is 11.3 Å². The van der Waals surface area contributed by atoms with Crippen molar-refractivity contribution in [2.45, 2.75) is 11.4 Å². The van der Waals surface area contributed by atoms with Crippen LogP contribution in [0.5, 0.6) is 0 Å². The normalized spacial score (nSPS) is 11.7. The molecule has 2 aromatic heterocycles. The molecule has 23 heavy (non-hydrogen) atoms. The van der Waals surface area contributed by atoms with E-state index in [1.807, 2.05) is 36.5 Å². The molecule has 0 saturated heterocycles. The van der Waals surface area contributed by atoms with E-state index in [4.69, 9.17) is 0 Å². The molecule has 2 heterocycles. The van der Waals surface area contributed by atoms with E-state index in [1.165, 1.54) is 10.5 Å². The van der Waals surface area contributed by atoms with Crippen molar-refractivity contribution in [3.63, 3.8) is 0 Å². The van der Waals surface area contributed by atoms with Crippen LogP contribution in [0.3, 0.4) is 0 Å². The first kappa shape index (κ1) is 15.4. The van der Waals surface area contributed by atoms with Crippen molar-refractivity contribution in [1.29, 1.82) is 0 Å². The number of pyridine rings is 1. The Morgan fingerprint density at radius 3 is 2.48 bits per heavy atom. The van der Waals surface area contributed by atoms with Gasteiger partial charge >= 0.3 is 0 Å². The van der Waals surface area contributed by atoms with Gasteiger partial charge in [0.2, 0.25) is 10.0 Å². The number of rotatable bonds is 5. The predicted octanol–water partition coefficient (Wildman–Crippen LogP) is 2.09. The highest BCUT2D eigenvalue weighted by atomic mass is 32.2. The molecule has 0 N–H and O–H groups in total. The number of hydrogen-bond acceptors (Lipinski definition) is 4. The lowest BCUT2D eigenvalue weighted by molar-refractivity contribution is 0.466. The van der Waals surface area contributed by atoms with E-state index in [9.17, 15) is 8.42 Å². The first-order chi connectivity index (χ1) is 11.1. The molecule has 0 unspecified atom stereocenters. The molecule has 6 nitrogen and oxygen atoms in total. The Morgan fingerprint density at radius 2 is 1.87 bits per heavy atom. The van der Waals surface area contributed by atoms with Gasteiger partial charge in [-0.25, -0.2) is 13.1 Å². The molecule has 0 spiro atoms. The van der Waals surface area contributed by atoms with Crippen molar-refractivity contribution >= 4 is 10.0 Å². The quantitative estimate of drug-likeness (QED) is 0.719. The van der Waals surface area contributed by atoms with Gasteiger partial charge < -0.3 is 0 Å².